The third-order valence-electron chi connectivity index (χ3n) is 4.08. The molecule has 0 bridgehead atoms. The van der Waals surface area contributed by atoms with Gasteiger partial charge in [-0.15, -0.1) is 0 Å². The zero-order chi connectivity index (χ0) is 19.4. The summed E-state index contributed by atoms with van der Waals surface area (Å²) in [5.74, 6) is 2.56. The van der Waals surface area contributed by atoms with Crippen molar-refractivity contribution in [1.29, 1.82) is 0 Å². The van der Waals surface area contributed by atoms with Gasteiger partial charge in [-0.25, -0.2) is 0 Å². The lowest BCUT2D eigenvalue weighted by molar-refractivity contribution is -0.116. The Balaban J connectivity index is 1.71. The van der Waals surface area contributed by atoms with Gasteiger partial charge in [0.15, 0.2) is 23.0 Å². The summed E-state index contributed by atoms with van der Waals surface area (Å²) in [6.07, 6.45) is 0. The highest BCUT2D eigenvalue weighted by atomic mass is 16.7. The number of carbonyl (C=O) groups excluding carboxylic acids is 1. The second-order valence-corrected chi connectivity index (χ2v) is 5.84. The van der Waals surface area contributed by atoms with Gasteiger partial charge in [-0.05, 0) is 19.1 Å². The van der Waals surface area contributed by atoms with Crippen LogP contribution < -0.4 is 34.3 Å². The lowest BCUT2D eigenvalue weighted by Gasteiger charge is -2.18. The number of fused-ring (bicyclic) bond motifs is 1. The van der Waals surface area contributed by atoms with Gasteiger partial charge in [-0.3, -0.25) is 4.79 Å². The van der Waals surface area contributed by atoms with Crippen LogP contribution in [0.25, 0.3) is 0 Å². The average Bonchev–Trinajstić information content (AvgIpc) is 3.14. The predicted molar refractivity (Wildman–Crippen MR) is 100 cm³/mol. The van der Waals surface area contributed by atoms with Gasteiger partial charge >= 0.3 is 0 Å². The van der Waals surface area contributed by atoms with E-state index in [9.17, 15) is 4.79 Å². The number of amides is 1. The minimum absolute atomic E-state index is 0.186. The van der Waals surface area contributed by atoms with Crippen molar-refractivity contribution in [2.24, 2.45) is 0 Å². The SMILES string of the molecule is COc1cc(NC(C)C(=O)Nc2ccc3c(c2)OCO3)cc(OC)c1OC. The molecule has 2 aromatic carbocycles. The normalized spacial score (nSPS) is 12.9. The third kappa shape index (κ3) is 3.94. The molecule has 144 valence electrons. The van der Waals surface area contributed by atoms with Crippen molar-refractivity contribution < 1.29 is 28.5 Å². The fourth-order valence-electron chi connectivity index (χ4n) is 2.70. The van der Waals surface area contributed by atoms with Crippen LogP contribution in [0.4, 0.5) is 11.4 Å². The monoisotopic (exact) mass is 374 g/mol. The topological polar surface area (TPSA) is 87.3 Å². The molecule has 2 N–H and O–H groups in total. The van der Waals surface area contributed by atoms with Gasteiger partial charge in [-0.1, -0.05) is 0 Å². The largest absolute Gasteiger partial charge is 0.493 e. The molecule has 1 amide bonds. The van der Waals surface area contributed by atoms with E-state index in [0.29, 0.717) is 40.1 Å². The number of hydrogen-bond acceptors (Lipinski definition) is 7. The number of ether oxygens (including phenoxy) is 5. The first-order chi connectivity index (χ1) is 13.0. The summed E-state index contributed by atoms with van der Waals surface area (Å²) < 4.78 is 26.5. The molecule has 3 rings (SSSR count). The molecule has 1 atom stereocenters. The molecule has 1 aliphatic heterocycles. The lowest BCUT2D eigenvalue weighted by Crippen LogP contribution is -2.31. The smallest absolute Gasteiger partial charge is 0.246 e. The molecular weight excluding hydrogens is 352 g/mol. The first-order valence-electron chi connectivity index (χ1n) is 8.32. The fourth-order valence-corrected chi connectivity index (χ4v) is 2.70. The van der Waals surface area contributed by atoms with Crippen LogP contribution in [-0.4, -0.2) is 40.1 Å². The number of anilines is 2. The number of rotatable bonds is 7. The van der Waals surface area contributed by atoms with Crippen molar-refractivity contribution in [1.82, 2.24) is 0 Å². The van der Waals surface area contributed by atoms with Gasteiger partial charge in [0.25, 0.3) is 0 Å². The minimum Gasteiger partial charge on any atom is -0.493 e. The quantitative estimate of drug-likeness (QED) is 0.770. The van der Waals surface area contributed by atoms with Crippen molar-refractivity contribution in [3.63, 3.8) is 0 Å². The zero-order valence-corrected chi connectivity index (χ0v) is 15.6. The van der Waals surface area contributed by atoms with Crippen molar-refractivity contribution in [2.75, 3.05) is 38.8 Å². The molecule has 1 unspecified atom stereocenters. The maximum Gasteiger partial charge on any atom is 0.246 e. The molecule has 0 aliphatic carbocycles. The van der Waals surface area contributed by atoms with Gasteiger partial charge in [0.05, 0.1) is 21.3 Å². The Morgan fingerprint density at radius 3 is 2.26 bits per heavy atom. The van der Waals surface area contributed by atoms with Crippen LogP contribution in [0.5, 0.6) is 28.7 Å². The molecule has 1 aliphatic rings. The average molecular weight is 374 g/mol. The number of methoxy groups -OCH3 is 3. The number of hydrogen-bond donors (Lipinski definition) is 2. The van der Waals surface area contributed by atoms with Crippen molar-refractivity contribution in [2.45, 2.75) is 13.0 Å². The molecule has 0 radical (unpaired) electrons. The van der Waals surface area contributed by atoms with Gasteiger partial charge in [0.2, 0.25) is 18.4 Å². The highest BCUT2D eigenvalue weighted by Gasteiger charge is 2.19. The van der Waals surface area contributed by atoms with Crippen LogP contribution in [0, 0.1) is 0 Å². The maximum atomic E-state index is 12.5. The Hall–Kier alpha value is -3.29. The first kappa shape index (κ1) is 18.5. The summed E-state index contributed by atoms with van der Waals surface area (Å²) in [4.78, 5) is 12.5. The minimum atomic E-state index is -0.516. The Bertz CT molecular complexity index is 814. The Morgan fingerprint density at radius 1 is 0.963 bits per heavy atom. The molecule has 8 heteroatoms. The van der Waals surface area contributed by atoms with Crippen LogP contribution in [-0.2, 0) is 4.79 Å². The number of benzene rings is 2. The summed E-state index contributed by atoms with van der Waals surface area (Å²) in [5, 5.41) is 5.98. The molecule has 8 nitrogen and oxygen atoms in total. The van der Waals surface area contributed by atoms with Crippen LogP contribution in [0.3, 0.4) is 0 Å². The van der Waals surface area contributed by atoms with E-state index >= 15 is 0 Å². The fraction of sp³-hybridized carbons (Fsp3) is 0.316. The van der Waals surface area contributed by atoms with Crippen LogP contribution in [0.2, 0.25) is 0 Å². The summed E-state index contributed by atoms with van der Waals surface area (Å²) in [6, 6.07) is 8.22. The summed E-state index contributed by atoms with van der Waals surface area (Å²) in [6.45, 7) is 1.94. The molecular formula is C19H22N2O6. The van der Waals surface area contributed by atoms with Crippen LogP contribution in [0.1, 0.15) is 6.92 Å². The molecule has 0 aromatic heterocycles. The summed E-state index contributed by atoms with van der Waals surface area (Å²) in [7, 11) is 4.61. The molecule has 0 fully saturated rings. The van der Waals surface area contributed by atoms with Crippen molar-refractivity contribution in [3.8, 4) is 28.7 Å². The van der Waals surface area contributed by atoms with Crippen LogP contribution in [0.15, 0.2) is 30.3 Å². The Morgan fingerprint density at radius 2 is 1.63 bits per heavy atom. The van der Waals surface area contributed by atoms with Crippen molar-refractivity contribution in [3.05, 3.63) is 30.3 Å². The highest BCUT2D eigenvalue weighted by molar-refractivity contribution is 5.96. The van der Waals surface area contributed by atoms with E-state index in [2.05, 4.69) is 10.6 Å². The molecule has 0 saturated carbocycles. The molecule has 2 aromatic rings. The molecule has 27 heavy (non-hydrogen) atoms. The Kier molecular flexibility index (Phi) is 5.44. The van der Waals surface area contributed by atoms with Gasteiger partial charge in [-0.2, -0.15) is 0 Å². The summed E-state index contributed by atoms with van der Waals surface area (Å²) in [5.41, 5.74) is 1.29. The van der Waals surface area contributed by atoms with E-state index in [0.717, 1.165) is 0 Å². The molecule has 0 spiro atoms. The van der Waals surface area contributed by atoms with E-state index in [4.69, 9.17) is 23.7 Å². The zero-order valence-electron chi connectivity index (χ0n) is 15.6. The van der Waals surface area contributed by atoms with E-state index in [1.807, 2.05) is 0 Å². The molecule has 0 saturated heterocycles. The van der Waals surface area contributed by atoms with Gasteiger partial charge in [0.1, 0.15) is 6.04 Å². The second kappa shape index (κ2) is 7.94. The standard InChI is InChI=1S/C19H22N2O6/c1-11(19(22)21-12-5-6-14-15(7-12)27-10-26-14)20-13-8-16(23-2)18(25-4)17(9-13)24-3/h5-9,11,20H,10H2,1-4H3,(H,21,22). The van der Waals surface area contributed by atoms with E-state index in [1.165, 1.54) is 21.3 Å². The first-order valence-corrected chi connectivity index (χ1v) is 8.32. The number of nitrogens with one attached hydrogen (secondary N) is 2. The Labute approximate surface area is 157 Å². The third-order valence-corrected chi connectivity index (χ3v) is 4.08. The molecule has 1 heterocycles. The highest BCUT2D eigenvalue weighted by Crippen LogP contribution is 2.40. The van der Waals surface area contributed by atoms with E-state index in [-0.39, 0.29) is 12.7 Å². The van der Waals surface area contributed by atoms with E-state index < -0.39 is 6.04 Å². The number of carbonyl (C=O) groups is 1. The second-order valence-electron chi connectivity index (χ2n) is 5.84. The maximum absolute atomic E-state index is 12.5. The van der Waals surface area contributed by atoms with Crippen molar-refractivity contribution >= 4 is 17.3 Å². The lowest BCUT2D eigenvalue weighted by atomic mass is 10.2. The van der Waals surface area contributed by atoms with Gasteiger partial charge < -0.3 is 34.3 Å². The van der Waals surface area contributed by atoms with E-state index in [1.54, 1.807) is 37.3 Å². The van der Waals surface area contributed by atoms with Gasteiger partial charge in [0, 0.05) is 29.6 Å². The van der Waals surface area contributed by atoms with Crippen LogP contribution >= 0.6 is 0 Å². The summed E-state index contributed by atoms with van der Waals surface area (Å²) >= 11 is 0. The predicted octanol–water partition coefficient (Wildman–Crippen LogP) is 2.88.